The van der Waals surface area contributed by atoms with Crippen LogP contribution in [-0.4, -0.2) is 36.0 Å². The van der Waals surface area contributed by atoms with E-state index in [1.54, 1.807) is 48.5 Å². The fourth-order valence-electron chi connectivity index (χ4n) is 2.83. The topological polar surface area (TPSA) is 113 Å². The van der Waals surface area contributed by atoms with Gasteiger partial charge in [0.05, 0.1) is 16.8 Å². The van der Waals surface area contributed by atoms with Gasteiger partial charge in [0, 0.05) is 24.0 Å². The molecule has 10 heteroatoms. The van der Waals surface area contributed by atoms with Gasteiger partial charge in [0.15, 0.2) is 0 Å². The first-order valence-corrected chi connectivity index (χ1v) is 12.8. The molecular formula is C22H23N3O5S2. The van der Waals surface area contributed by atoms with Gasteiger partial charge < -0.3 is 5.32 Å². The van der Waals surface area contributed by atoms with Gasteiger partial charge in [0.2, 0.25) is 10.0 Å². The van der Waals surface area contributed by atoms with Crippen LogP contribution < -0.4 is 14.3 Å². The first-order valence-electron chi connectivity index (χ1n) is 9.50. The summed E-state index contributed by atoms with van der Waals surface area (Å²) in [7, 11) is -5.83. The Morgan fingerprint density at radius 2 is 1.47 bits per heavy atom. The Morgan fingerprint density at radius 1 is 0.844 bits per heavy atom. The Kier molecular flexibility index (Phi) is 6.56. The van der Waals surface area contributed by atoms with Gasteiger partial charge in [-0.15, -0.1) is 0 Å². The summed E-state index contributed by atoms with van der Waals surface area (Å²) in [6, 6.07) is 18.9. The lowest BCUT2D eigenvalue weighted by molar-refractivity contribution is 0.102. The minimum atomic E-state index is -3.80. The minimum absolute atomic E-state index is 0.116. The average molecular weight is 474 g/mol. The molecule has 2 N–H and O–H groups in total. The third-order valence-electron chi connectivity index (χ3n) is 4.67. The second-order valence-electron chi connectivity index (χ2n) is 7.23. The lowest BCUT2D eigenvalue weighted by Crippen LogP contribution is -2.24. The van der Waals surface area contributed by atoms with Crippen molar-refractivity contribution in [2.45, 2.75) is 11.8 Å². The lowest BCUT2D eigenvalue weighted by Gasteiger charge is -2.17. The first-order chi connectivity index (χ1) is 15.0. The fourth-order valence-corrected chi connectivity index (χ4v) is 4.38. The van der Waals surface area contributed by atoms with Crippen LogP contribution in [0, 0.1) is 6.92 Å². The van der Waals surface area contributed by atoms with Gasteiger partial charge >= 0.3 is 0 Å². The molecule has 0 aliphatic heterocycles. The average Bonchev–Trinajstić information content (AvgIpc) is 2.73. The standard InChI is InChI=1S/C22H23N3O5S2/c1-16-10-12-21(13-11-16)32(29,30)24-19-8-4-6-17(14-19)22(26)23-18-7-5-9-20(15-18)25(2)31(3,27)28/h4-15,24H,1-3H3,(H,23,26). The van der Waals surface area contributed by atoms with E-state index in [4.69, 9.17) is 0 Å². The van der Waals surface area contributed by atoms with Crippen molar-refractivity contribution >= 4 is 43.0 Å². The van der Waals surface area contributed by atoms with Crippen molar-refractivity contribution in [1.82, 2.24) is 0 Å². The third-order valence-corrected chi connectivity index (χ3v) is 7.28. The van der Waals surface area contributed by atoms with E-state index in [0.29, 0.717) is 11.4 Å². The molecule has 0 heterocycles. The number of hydrogen-bond acceptors (Lipinski definition) is 5. The lowest BCUT2D eigenvalue weighted by atomic mass is 10.2. The highest BCUT2D eigenvalue weighted by Gasteiger charge is 2.16. The number of anilines is 3. The number of amides is 1. The predicted molar refractivity (Wildman–Crippen MR) is 126 cm³/mol. The van der Waals surface area contributed by atoms with Crippen LogP contribution in [0.2, 0.25) is 0 Å². The van der Waals surface area contributed by atoms with Crippen LogP contribution in [0.3, 0.4) is 0 Å². The molecule has 0 saturated heterocycles. The quantitative estimate of drug-likeness (QED) is 0.546. The van der Waals surface area contributed by atoms with E-state index in [1.807, 2.05) is 6.92 Å². The smallest absolute Gasteiger partial charge is 0.261 e. The van der Waals surface area contributed by atoms with Crippen molar-refractivity contribution in [3.05, 3.63) is 83.9 Å². The van der Waals surface area contributed by atoms with E-state index in [-0.39, 0.29) is 16.1 Å². The number of benzene rings is 3. The summed E-state index contributed by atoms with van der Waals surface area (Å²) in [5.41, 5.74) is 2.20. The summed E-state index contributed by atoms with van der Waals surface area (Å²) in [6.45, 7) is 1.86. The Bertz CT molecular complexity index is 1350. The maximum absolute atomic E-state index is 12.7. The number of carbonyl (C=O) groups is 1. The fraction of sp³-hybridized carbons (Fsp3) is 0.136. The zero-order valence-electron chi connectivity index (χ0n) is 17.7. The van der Waals surface area contributed by atoms with Crippen LogP contribution in [0.15, 0.2) is 77.7 Å². The van der Waals surface area contributed by atoms with Gasteiger partial charge in [0.25, 0.3) is 15.9 Å². The minimum Gasteiger partial charge on any atom is -0.322 e. The highest BCUT2D eigenvalue weighted by molar-refractivity contribution is 7.92. The molecule has 1 amide bonds. The SMILES string of the molecule is Cc1ccc(S(=O)(=O)Nc2cccc(C(=O)Nc3cccc(N(C)S(C)(=O)=O)c3)c2)cc1. The molecule has 3 aromatic rings. The van der Waals surface area contributed by atoms with Gasteiger partial charge in [0.1, 0.15) is 0 Å². The van der Waals surface area contributed by atoms with Crippen LogP contribution >= 0.6 is 0 Å². The molecule has 0 aromatic heterocycles. The molecule has 32 heavy (non-hydrogen) atoms. The van der Waals surface area contributed by atoms with Crippen LogP contribution in [0.25, 0.3) is 0 Å². The van der Waals surface area contributed by atoms with E-state index in [1.165, 1.54) is 31.3 Å². The highest BCUT2D eigenvalue weighted by Crippen LogP contribution is 2.22. The molecule has 0 aliphatic rings. The van der Waals surface area contributed by atoms with Crippen molar-refractivity contribution < 1.29 is 21.6 Å². The van der Waals surface area contributed by atoms with Crippen molar-refractivity contribution in [3.63, 3.8) is 0 Å². The van der Waals surface area contributed by atoms with Gasteiger partial charge in [-0.3, -0.25) is 13.8 Å². The monoisotopic (exact) mass is 473 g/mol. The Balaban J connectivity index is 1.78. The van der Waals surface area contributed by atoms with Gasteiger partial charge in [-0.2, -0.15) is 0 Å². The number of sulfonamides is 2. The van der Waals surface area contributed by atoms with E-state index >= 15 is 0 Å². The summed E-state index contributed by atoms with van der Waals surface area (Å²) in [6.07, 6.45) is 1.08. The number of carbonyl (C=O) groups excluding carboxylic acids is 1. The zero-order chi connectivity index (χ0) is 23.5. The van der Waals surface area contributed by atoms with E-state index < -0.39 is 26.0 Å². The summed E-state index contributed by atoms with van der Waals surface area (Å²) in [4.78, 5) is 12.8. The number of hydrogen-bond donors (Lipinski definition) is 2. The molecule has 0 spiro atoms. The number of rotatable bonds is 7. The zero-order valence-corrected chi connectivity index (χ0v) is 19.4. The number of aryl methyl sites for hydroxylation is 1. The van der Waals surface area contributed by atoms with E-state index in [9.17, 15) is 21.6 Å². The summed E-state index contributed by atoms with van der Waals surface area (Å²) in [5, 5.41) is 2.70. The van der Waals surface area contributed by atoms with Crippen LogP contribution in [-0.2, 0) is 20.0 Å². The molecule has 3 rings (SSSR count). The Morgan fingerprint density at radius 3 is 2.12 bits per heavy atom. The second kappa shape index (κ2) is 9.01. The molecule has 168 valence electrons. The Labute approximate surface area is 188 Å². The normalized spacial score (nSPS) is 11.6. The van der Waals surface area contributed by atoms with Crippen LogP contribution in [0.4, 0.5) is 17.1 Å². The van der Waals surface area contributed by atoms with Crippen molar-refractivity contribution in [1.29, 1.82) is 0 Å². The van der Waals surface area contributed by atoms with Crippen molar-refractivity contribution in [3.8, 4) is 0 Å². The largest absolute Gasteiger partial charge is 0.322 e. The molecular weight excluding hydrogens is 450 g/mol. The molecule has 0 unspecified atom stereocenters. The maximum Gasteiger partial charge on any atom is 0.261 e. The molecule has 0 saturated carbocycles. The molecule has 0 atom stereocenters. The second-order valence-corrected chi connectivity index (χ2v) is 10.9. The van der Waals surface area contributed by atoms with Gasteiger partial charge in [-0.1, -0.05) is 29.8 Å². The summed E-state index contributed by atoms with van der Waals surface area (Å²) in [5.74, 6) is -0.472. The van der Waals surface area contributed by atoms with Crippen molar-refractivity contribution in [2.24, 2.45) is 0 Å². The molecule has 0 radical (unpaired) electrons. The first kappa shape index (κ1) is 23.3. The Hall–Kier alpha value is -3.37. The van der Waals surface area contributed by atoms with E-state index in [0.717, 1.165) is 16.1 Å². The number of nitrogens with zero attached hydrogens (tertiary/aromatic N) is 1. The van der Waals surface area contributed by atoms with Gasteiger partial charge in [-0.05, 0) is 55.5 Å². The molecule has 0 fully saturated rings. The summed E-state index contributed by atoms with van der Waals surface area (Å²) < 4.78 is 52.3. The molecule has 0 bridgehead atoms. The predicted octanol–water partition coefficient (Wildman–Crippen LogP) is 3.44. The van der Waals surface area contributed by atoms with Crippen molar-refractivity contribution in [2.75, 3.05) is 27.6 Å². The maximum atomic E-state index is 12.7. The van der Waals surface area contributed by atoms with E-state index in [2.05, 4.69) is 10.0 Å². The molecule has 3 aromatic carbocycles. The molecule has 0 aliphatic carbocycles. The van der Waals surface area contributed by atoms with Gasteiger partial charge in [-0.25, -0.2) is 16.8 Å². The highest BCUT2D eigenvalue weighted by atomic mass is 32.2. The van der Waals surface area contributed by atoms with Crippen LogP contribution in [0.5, 0.6) is 0 Å². The third kappa shape index (κ3) is 5.65. The summed E-state index contributed by atoms with van der Waals surface area (Å²) >= 11 is 0. The van der Waals surface area contributed by atoms with Crippen LogP contribution in [0.1, 0.15) is 15.9 Å². The number of nitrogens with one attached hydrogen (secondary N) is 2. The molecule has 8 nitrogen and oxygen atoms in total.